The molecule has 0 bridgehead atoms. The maximum Gasteiger partial charge on any atom is 0.238 e. The second-order valence-corrected chi connectivity index (χ2v) is 7.52. The predicted octanol–water partition coefficient (Wildman–Crippen LogP) is 3.89. The van der Waals surface area contributed by atoms with Gasteiger partial charge < -0.3 is 19.7 Å². The summed E-state index contributed by atoms with van der Waals surface area (Å²) in [6.45, 7) is 1.34. The number of rotatable bonds is 8. The lowest BCUT2D eigenvalue weighted by Crippen LogP contribution is -2.19. The van der Waals surface area contributed by atoms with Crippen LogP contribution in [-0.2, 0) is 7.05 Å². The van der Waals surface area contributed by atoms with Crippen molar-refractivity contribution in [3.05, 3.63) is 54.1 Å². The van der Waals surface area contributed by atoms with E-state index in [1.807, 2.05) is 50.4 Å². The lowest BCUT2D eigenvalue weighted by atomic mass is 10.2. The van der Waals surface area contributed by atoms with Crippen molar-refractivity contribution in [3.8, 4) is 17.4 Å². The number of fused-ring (bicyclic) bond motifs is 1. The smallest absolute Gasteiger partial charge is 0.238 e. The first kappa shape index (κ1) is 20.8. The largest absolute Gasteiger partial charge is 0.491 e. The quantitative estimate of drug-likeness (QED) is 0.442. The molecule has 0 atom stereocenters. The van der Waals surface area contributed by atoms with Crippen molar-refractivity contribution >= 4 is 34.1 Å². The van der Waals surface area contributed by atoms with Crippen LogP contribution in [0.4, 0.5) is 11.6 Å². The third-order valence-corrected chi connectivity index (χ3v) is 4.64. The number of anilines is 2. The van der Waals surface area contributed by atoms with E-state index < -0.39 is 0 Å². The third kappa shape index (κ3) is 5.19. The van der Waals surface area contributed by atoms with Gasteiger partial charge in [0.1, 0.15) is 35.3 Å². The van der Waals surface area contributed by atoms with Gasteiger partial charge in [0.15, 0.2) is 5.82 Å². The summed E-state index contributed by atoms with van der Waals surface area (Å²) < 4.78 is 13.3. The summed E-state index contributed by atoms with van der Waals surface area (Å²) >= 11 is 6.35. The van der Waals surface area contributed by atoms with Crippen LogP contribution >= 0.6 is 11.6 Å². The van der Waals surface area contributed by atoms with Crippen molar-refractivity contribution in [2.24, 2.45) is 7.05 Å². The molecule has 0 aliphatic rings. The summed E-state index contributed by atoms with van der Waals surface area (Å²) in [5.41, 5.74) is 0.768. The molecule has 0 spiro atoms. The Morgan fingerprint density at radius 1 is 1.10 bits per heavy atom. The highest BCUT2D eigenvalue weighted by atomic mass is 35.5. The lowest BCUT2D eigenvalue weighted by Gasteiger charge is -2.12. The number of aryl methyl sites for hydroxylation is 1. The molecule has 0 fully saturated rings. The molecule has 0 radical (unpaired) electrons. The fourth-order valence-corrected chi connectivity index (χ4v) is 3.02. The van der Waals surface area contributed by atoms with Crippen molar-refractivity contribution in [3.63, 3.8) is 0 Å². The highest BCUT2D eigenvalue weighted by Gasteiger charge is 2.11. The molecule has 10 heteroatoms. The zero-order valence-electron chi connectivity index (χ0n) is 17.4. The Bertz CT molecular complexity index is 1200. The summed E-state index contributed by atoms with van der Waals surface area (Å²) in [6.07, 6.45) is 4.94. The van der Waals surface area contributed by atoms with E-state index in [-0.39, 0.29) is 5.88 Å². The van der Waals surface area contributed by atoms with Crippen molar-refractivity contribution in [1.29, 1.82) is 0 Å². The molecule has 1 aromatic carbocycles. The maximum absolute atomic E-state index is 6.35. The fourth-order valence-electron chi connectivity index (χ4n) is 2.82. The highest BCUT2D eigenvalue weighted by Crippen LogP contribution is 2.32. The van der Waals surface area contributed by atoms with Gasteiger partial charge in [0.2, 0.25) is 5.88 Å². The van der Waals surface area contributed by atoms with E-state index >= 15 is 0 Å². The molecule has 0 unspecified atom stereocenters. The van der Waals surface area contributed by atoms with Crippen LogP contribution in [0, 0.1) is 0 Å². The second-order valence-electron chi connectivity index (χ2n) is 7.11. The molecule has 0 saturated heterocycles. The van der Waals surface area contributed by atoms with E-state index in [0.29, 0.717) is 34.8 Å². The van der Waals surface area contributed by atoms with E-state index in [4.69, 9.17) is 21.1 Å². The maximum atomic E-state index is 6.35. The van der Waals surface area contributed by atoms with E-state index in [1.54, 1.807) is 23.0 Å². The first-order valence-electron chi connectivity index (χ1n) is 9.60. The Morgan fingerprint density at radius 2 is 1.97 bits per heavy atom. The Kier molecular flexibility index (Phi) is 6.15. The van der Waals surface area contributed by atoms with Crippen LogP contribution in [0.5, 0.6) is 17.4 Å². The number of ether oxygens (including phenoxy) is 2. The van der Waals surface area contributed by atoms with Crippen LogP contribution in [0.2, 0.25) is 5.02 Å². The summed E-state index contributed by atoms with van der Waals surface area (Å²) in [5, 5.41) is 8.67. The van der Waals surface area contributed by atoms with Gasteiger partial charge in [-0.05, 0) is 32.3 Å². The number of likely N-dealkylation sites (N-methyl/N-ethyl adjacent to an activating group) is 1. The number of benzene rings is 1. The van der Waals surface area contributed by atoms with Gasteiger partial charge in [-0.1, -0.05) is 11.6 Å². The Morgan fingerprint density at radius 3 is 2.71 bits per heavy atom. The number of halogens is 1. The molecule has 0 saturated carbocycles. The number of hydrogen-bond donors (Lipinski definition) is 1. The van der Waals surface area contributed by atoms with E-state index in [2.05, 4.69) is 25.4 Å². The summed E-state index contributed by atoms with van der Waals surface area (Å²) in [5.74, 6) is 2.74. The van der Waals surface area contributed by atoms with Gasteiger partial charge in [-0.25, -0.2) is 15.0 Å². The zero-order valence-corrected chi connectivity index (χ0v) is 18.2. The van der Waals surface area contributed by atoms with Crippen molar-refractivity contribution in [2.75, 3.05) is 32.6 Å². The van der Waals surface area contributed by atoms with E-state index in [1.165, 1.54) is 6.33 Å². The SMILES string of the molecule is CN(C)CCOc1cnc(Oc2ccc3ncnc(Nc4ccn(C)n4)c3c2)c(Cl)c1. The van der Waals surface area contributed by atoms with Gasteiger partial charge >= 0.3 is 0 Å². The number of nitrogens with zero attached hydrogens (tertiary/aromatic N) is 6. The van der Waals surface area contributed by atoms with Crippen molar-refractivity contribution in [1.82, 2.24) is 29.6 Å². The summed E-state index contributed by atoms with van der Waals surface area (Å²) in [7, 11) is 5.82. The van der Waals surface area contributed by atoms with Crippen LogP contribution in [0.25, 0.3) is 10.9 Å². The van der Waals surface area contributed by atoms with Gasteiger partial charge in [0.05, 0.1) is 11.7 Å². The Labute approximate surface area is 184 Å². The molecule has 4 aromatic rings. The molecule has 3 aromatic heterocycles. The highest BCUT2D eigenvalue weighted by molar-refractivity contribution is 6.32. The predicted molar refractivity (Wildman–Crippen MR) is 119 cm³/mol. The minimum Gasteiger partial charge on any atom is -0.491 e. The van der Waals surface area contributed by atoms with Gasteiger partial charge in [0.25, 0.3) is 0 Å². The molecule has 0 aliphatic carbocycles. The van der Waals surface area contributed by atoms with Crippen LogP contribution < -0.4 is 14.8 Å². The van der Waals surface area contributed by atoms with Crippen LogP contribution in [0.3, 0.4) is 0 Å². The number of hydrogen-bond acceptors (Lipinski definition) is 8. The average molecular weight is 440 g/mol. The van der Waals surface area contributed by atoms with E-state index in [9.17, 15) is 0 Å². The molecule has 9 nitrogen and oxygen atoms in total. The van der Waals surface area contributed by atoms with Crippen molar-refractivity contribution < 1.29 is 9.47 Å². The molecule has 1 N–H and O–H groups in total. The van der Waals surface area contributed by atoms with Gasteiger partial charge in [-0.2, -0.15) is 5.10 Å². The van der Waals surface area contributed by atoms with Crippen LogP contribution in [0.15, 0.2) is 49.1 Å². The van der Waals surface area contributed by atoms with E-state index in [0.717, 1.165) is 17.4 Å². The summed E-state index contributed by atoms with van der Waals surface area (Å²) in [6, 6.07) is 9.04. The molecule has 0 amide bonds. The fraction of sp³-hybridized carbons (Fsp3) is 0.238. The zero-order chi connectivity index (χ0) is 21.8. The number of aromatic nitrogens is 5. The second kappa shape index (κ2) is 9.15. The molecular weight excluding hydrogens is 418 g/mol. The third-order valence-electron chi connectivity index (χ3n) is 4.37. The van der Waals surface area contributed by atoms with Gasteiger partial charge in [-0.15, -0.1) is 0 Å². The van der Waals surface area contributed by atoms with Crippen molar-refractivity contribution in [2.45, 2.75) is 0 Å². The van der Waals surface area contributed by atoms with Crippen LogP contribution in [-0.4, -0.2) is 56.9 Å². The Hall–Kier alpha value is -3.43. The molecule has 4 rings (SSSR count). The normalized spacial score (nSPS) is 11.1. The molecule has 31 heavy (non-hydrogen) atoms. The topological polar surface area (TPSA) is 90.2 Å². The van der Waals surface area contributed by atoms with Gasteiger partial charge in [-0.3, -0.25) is 4.68 Å². The number of nitrogens with one attached hydrogen (secondary N) is 1. The average Bonchev–Trinajstić information content (AvgIpc) is 3.15. The molecule has 0 aliphatic heterocycles. The minimum atomic E-state index is 0.289. The molecular formula is C21H22ClN7O2. The lowest BCUT2D eigenvalue weighted by molar-refractivity contribution is 0.260. The number of pyridine rings is 1. The molecule has 3 heterocycles. The summed E-state index contributed by atoms with van der Waals surface area (Å²) in [4.78, 5) is 15.0. The van der Waals surface area contributed by atoms with Crippen LogP contribution in [0.1, 0.15) is 0 Å². The van der Waals surface area contributed by atoms with Gasteiger partial charge in [0, 0.05) is 37.3 Å². The standard InChI is InChI=1S/C21H22ClN7O2/c1-28(2)8-9-30-15-11-17(22)21(23-12-15)31-14-4-5-18-16(10-14)20(25-13-24-18)26-19-6-7-29(3)27-19/h4-7,10-13H,8-9H2,1-3H3,(H,24,25,26,27). The first-order valence-corrected chi connectivity index (χ1v) is 9.98. The first-order chi connectivity index (χ1) is 15.0. The molecule has 160 valence electrons. The minimum absolute atomic E-state index is 0.289. The Balaban J connectivity index is 1.54. The monoisotopic (exact) mass is 439 g/mol.